The number of carbonyl (C=O) groups excluding carboxylic acids is 1. The van der Waals surface area contributed by atoms with Crippen molar-refractivity contribution in [3.63, 3.8) is 0 Å². The van der Waals surface area contributed by atoms with E-state index in [1.54, 1.807) is 18.4 Å². The lowest BCUT2D eigenvalue weighted by molar-refractivity contribution is -0.115. The maximum Gasteiger partial charge on any atom is 0.246 e. The average molecular weight is 351 g/mol. The maximum absolute atomic E-state index is 12.5. The highest BCUT2D eigenvalue weighted by Gasteiger charge is 2.31. The third-order valence-corrected chi connectivity index (χ3v) is 4.63. The number of aryl methyl sites for hydroxylation is 2. The summed E-state index contributed by atoms with van der Waals surface area (Å²) in [5.41, 5.74) is 4.68. The van der Waals surface area contributed by atoms with Crippen LogP contribution in [0.25, 0.3) is 11.0 Å². The molecule has 0 unspecified atom stereocenters. The summed E-state index contributed by atoms with van der Waals surface area (Å²) in [5.74, 6) is 0.521. The predicted octanol–water partition coefficient (Wildman–Crippen LogP) is 4.74. The van der Waals surface area contributed by atoms with E-state index < -0.39 is 5.79 Å². The number of rotatable bonds is 3. The summed E-state index contributed by atoms with van der Waals surface area (Å²) in [6.45, 7) is 7.77. The van der Waals surface area contributed by atoms with E-state index >= 15 is 0 Å². The molecule has 4 rings (SSSR count). The minimum atomic E-state index is -0.684. The topological polar surface area (TPSA) is 60.7 Å². The van der Waals surface area contributed by atoms with Crippen LogP contribution in [0.15, 0.2) is 41.0 Å². The molecule has 0 atom stereocenters. The zero-order valence-corrected chi connectivity index (χ0v) is 15.3. The number of fused-ring (bicyclic) bond motifs is 2. The number of furan rings is 1. The lowest BCUT2D eigenvalue weighted by Gasteiger charge is -2.16. The third-order valence-electron chi connectivity index (χ3n) is 4.63. The molecule has 1 aromatic heterocycles. The van der Waals surface area contributed by atoms with Gasteiger partial charge < -0.3 is 19.2 Å². The van der Waals surface area contributed by atoms with Crippen LogP contribution in [0, 0.1) is 13.8 Å². The van der Waals surface area contributed by atoms with E-state index in [0.29, 0.717) is 17.2 Å². The largest absolute Gasteiger partial charge is 0.464 e. The molecule has 1 aliphatic rings. The summed E-state index contributed by atoms with van der Waals surface area (Å²) in [4.78, 5) is 12.5. The highest BCUT2D eigenvalue weighted by molar-refractivity contribution is 5.96. The minimum Gasteiger partial charge on any atom is -0.464 e. The van der Waals surface area contributed by atoms with E-state index in [2.05, 4.69) is 5.32 Å². The van der Waals surface area contributed by atoms with Crippen molar-refractivity contribution >= 4 is 22.6 Å². The first kappa shape index (κ1) is 16.5. The van der Waals surface area contributed by atoms with Gasteiger partial charge in [0, 0.05) is 36.6 Å². The van der Waals surface area contributed by atoms with E-state index in [1.807, 2.05) is 45.9 Å². The van der Waals surface area contributed by atoms with Crippen molar-refractivity contribution in [2.45, 2.75) is 39.9 Å². The molecule has 0 aliphatic carbocycles. The highest BCUT2D eigenvalue weighted by atomic mass is 16.7. The number of anilines is 1. The van der Waals surface area contributed by atoms with Gasteiger partial charge in [0.25, 0.3) is 0 Å². The second kappa shape index (κ2) is 5.80. The Hall–Kier alpha value is -2.95. The van der Waals surface area contributed by atoms with Crippen molar-refractivity contribution in [3.8, 4) is 11.5 Å². The number of amides is 1. The fraction of sp³-hybridized carbons (Fsp3) is 0.286. The monoisotopic (exact) mass is 351 g/mol. The van der Waals surface area contributed by atoms with Crippen molar-refractivity contribution in [3.05, 3.63) is 53.3 Å². The average Bonchev–Trinajstić information content (AvgIpc) is 3.10. The van der Waals surface area contributed by atoms with Crippen LogP contribution in [0.1, 0.15) is 30.5 Å². The summed E-state index contributed by atoms with van der Waals surface area (Å²) >= 11 is 0. The molecule has 26 heavy (non-hydrogen) atoms. The minimum absolute atomic E-state index is 0.107. The normalized spacial score (nSPS) is 14.6. The fourth-order valence-electron chi connectivity index (χ4n) is 3.20. The number of ether oxygens (including phenoxy) is 2. The molecule has 0 saturated carbocycles. The van der Waals surface area contributed by atoms with Crippen molar-refractivity contribution < 1.29 is 18.7 Å². The third kappa shape index (κ3) is 2.90. The molecule has 5 heteroatoms. The maximum atomic E-state index is 12.5. The predicted molar refractivity (Wildman–Crippen MR) is 99.8 cm³/mol. The van der Waals surface area contributed by atoms with Gasteiger partial charge in [-0.05, 0) is 37.1 Å². The van der Waals surface area contributed by atoms with Gasteiger partial charge in [0.05, 0.1) is 12.7 Å². The molecule has 2 aromatic carbocycles. The molecule has 1 aliphatic heterocycles. The molecule has 2 heterocycles. The summed E-state index contributed by atoms with van der Waals surface area (Å²) in [6, 6.07) is 9.45. The Balaban J connectivity index is 1.51. The quantitative estimate of drug-likeness (QED) is 0.740. The van der Waals surface area contributed by atoms with E-state index in [9.17, 15) is 4.79 Å². The Morgan fingerprint density at radius 2 is 1.85 bits per heavy atom. The summed E-state index contributed by atoms with van der Waals surface area (Å²) in [7, 11) is 0. The van der Waals surface area contributed by atoms with Crippen LogP contribution in [0.3, 0.4) is 0 Å². The van der Waals surface area contributed by atoms with E-state index in [4.69, 9.17) is 13.9 Å². The Morgan fingerprint density at radius 3 is 2.65 bits per heavy atom. The highest BCUT2D eigenvalue weighted by Crippen LogP contribution is 2.40. The van der Waals surface area contributed by atoms with Crippen LogP contribution in [-0.4, -0.2) is 11.7 Å². The van der Waals surface area contributed by atoms with Gasteiger partial charge in [-0.3, -0.25) is 4.79 Å². The summed E-state index contributed by atoms with van der Waals surface area (Å²) in [5, 5.41) is 3.89. The second-order valence-electron chi connectivity index (χ2n) is 7.14. The molecule has 5 nitrogen and oxygen atoms in total. The Labute approximate surface area is 151 Å². The van der Waals surface area contributed by atoms with Crippen molar-refractivity contribution in [1.29, 1.82) is 0 Å². The molecule has 1 amide bonds. The number of benzene rings is 2. The van der Waals surface area contributed by atoms with Gasteiger partial charge >= 0.3 is 0 Å². The Kier molecular flexibility index (Phi) is 3.68. The summed E-state index contributed by atoms with van der Waals surface area (Å²) in [6.07, 6.45) is 1.91. The van der Waals surface area contributed by atoms with Crippen molar-refractivity contribution in [1.82, 2.24) is 0 Å². The molecule has 0 bridgehead atoms. The van der Waals surface area contributed by atoms with Gasteiger partial charge in [0.15, 0.2) is 11.5 Å². The van der Waals surface area contributed by atoms with Gasteiger partial charge in [0.1, 0.15) is 5.58 Å². The van der Waals surface area contributed by atoms with Gasteiger partial charge in [-0.25, -0.2) is 0 Å². The van der Waals surface area contributed by atoms with E-state index in [1.165, 1.54) is 5.56 Å². The van der Waals surface area contributed by atoms with Gasteiger partial charge in [0.2, 0.25) is 11.7 Å². The zero-order chi connectivity index (χ0) is 18.5. The van der Waals surface area contributed by atoms with Crippen LogP contribution < -0.4 is 14.8 Å². The van der Waals surface area contributed by atoms with Crippen molar-refractivity contribution in [2.24, 2.45) is 0 Å². The lowest BCUT2D eigenvalue weighted by atomic mass is 10.0. The first-order chi connectivity index (χ1) is 12.3. The Morgan fingerprint density at radius 1 is 1.08 bits per heavy atom. The number of hydrogen-bond acceptors (Lipinski definition) is 4. The van der Waals surface area contributed by atoms with Gasteiger partial charge in [-0.2, -0.15) is 0 Å². The molecule has 0 radical (unpaired) electrons. The zero-order valence-electron chi connectivity index (χ0n) is 15.3. The number of hydrogen-bond donors (Lipinski definition) is 1. The van der Waals surface area contributed by atoms with Crippen LogP contribution in [-0.2, 0) is 11.2 Å². The molecule has 1 N–H and O–H groups in total. The SMILES string of the molecule is Cc1ccc2c(CC(=O)Nc3ccc4c(c3)OC(C)(C)O4)coc2c1C. The smallest absolute Gasteiger partial charge is 0.246 e. The molecule has 3 aromatic rings. The first-order valence-corrected chi connectivity index (χ1v) is 8.60. The standard InChI is InChI=1S/C21H21NO4/c1-12-5-7-16-14(11-24-20(16)13(12)2)9-19(23)22-15-6-8-17-18(10-15)26-21(3,4)25-17/h5-8,10-11H,9H2,1-4H3,(H,22,23). The van der Waals surface area contributed by atoms with Crippen molar-refractivity contribution in [2.75, 3.05) is 5.32 Å². The number of nitrogens with one attached hydrogen (secondary N) is 1. The van der Waals surface area contributed by atoms with E-state index in [0.717, 1.165) is 22.1 Å². The van der Waals surface area contributed by atoms with Crippen LogP contribution in [0.2, 0.25) is 0 Å². The number of carbonyl (C=O) groups is 1. The van der Waals surface area contributed by atoms with Crippen LogP contribution >= 0.6 is 0 Å². The van der Waals surface area contributed by atoms with E-state index in [-0.39, 0.29) is 12.3 Å². The molecule has 134 valence electrons. The molecular weight excluding hydrogens is 330 g/mol. The Bertz CT molecular complexity index is 1020. The lowest BCUT2D eigenvalue weighted by Crippen LogP contribution is -2.29. The second-order valence-corrected chi connectivity index (χ2v) is 7.14. The van der Waals surface area contributed by atoms with Gasteiger partial charge in [-0.1, -0.05) is 12.1 Å². The van der Waals surface area contributed by atoms with Crippen LogP contribution in [0.5, 0.6) is 11.5 Å². The fourth-order valence-corrected chi connectivity index (χ4v) is 3.20. The molecule has 0 spiro atoms. The first-order valence-electron chi connectivity index (χ1n) is 8.60. The van der Waals surface area contributed by atoms with Crippen LogP contribution in [0.4, 0.5) is 5.69 Å². The molecular formula is C21H21NO4. The summed E-state index contributed by atoms with van der Waals surface area (Å²) < 4.78 is 17.1. The van der Waals surface area contributed by atoms with Gasteiger partial charge in [-0.15, -0.1) is 0 Å². The molecule has 0 saturated heterocycles. The molecule has 0 fully saturated rings.